The molecule has 0 aliphatic carbocycles. The van der Waals surface area contributed by atoms with Crippen LogP contribution in [-0.4, -0.2) is 4.57 Å². The molecular weight excluding hydrogens is 304 g/mol. The van der Waals surface area contributed by atoms with Crippen molar-refractivity contribution in [1.29, 1.82) is 0 Å². The highest BCUT2D eigenvalue weighted by molar-refractivity contribution is 5.31. The van der Waals surface area contributed by atoms with E-state index < -0.39 is 0 Å². The zero-order valence-corrected chi connectivity index (χ0v) is 16.4. The molecule has 25 heavy (non-hydrogen) atoms. The third-order valence-corrected chi connectivity index (χ3v) is 5.05. The van der Waals surface area contributed by atoms with E-state index in [1.165, 1.54) is 75.7 Å². The van der Waals surface area contributed by atoms with Crippen LogP contribution in [0.15, 0.2) is 42.7 Å². The number of nitrogens with zero attached hydrogens (tertiary/aromatic N) is 2. The van der Waals surface area contributed by atoms with E-state index in [0.29, 0.717) is 0 Å². The summed E-state index contributed by atoms with van der Waals surface area (Å²) in [7, 11) is 0. The number of benzene rings is 1. The van der Waals surface area contributed by atoms with Crippen LogP contribution >= 0.6 is 0 Å². The van der Waals surface area contributed by atoms with Gasteiger partial charge in [0.2, 0.25) is 0 Å². The van der Waals surface area contributed by atoms with Crippen LogP contribution in [0.3, 0.4) is 0 Å². The minimum atomic E-state index is 1.16. The zero-order chi connectivity index (χ0) is 17.7. The van der Waals surface area contributed by atoms with Crippen molar-refractivity contribution < 1.29 is 4.57 Å². The van der Waals surface area contributed by atoms with Crippen LogP contribution in [-0.2, 0) is 13.0 Å². The second-order valence-corrected chi connectivity index (χ2v) is 7.19. The monoisotopic (exact) mass is 341 g/mol. The number of aromatic nitrogens is 2. The molecule has 0 amide bonds. The molecule has 0 spiro atoms. The number of aryl methyl sites for hydroxylation is 1. The summed E-state index contributed by atoms with van der Waals surface area (Å²) in [4.78, 5) is 0. The van der Waals surface area contributed by atoms with Crippen LogP contribution in [0.5, 0.6) is 0 Å². The van der Waals surface area contributed by atoms with Crippen molar-refractivity contribution in [3.05, 3.63) is 48.5 Å². The first kappa shape index (κ1) is 19.8. The summed E-state index contributed by atoms with van der Waals surface area (Å²) in [5.74, 6) is 1.45. The Hall–Kier alpha value is -1.57. The predicted molar refractivity (Wildman–Crippen MR) is 107 cm³/mol. The van der Waals surface area contributed by atoms with E-state index in [4.69, 9.17) is 0 Å². The van der Waals surface area contributed by atoms with Crippen LogP contribution in [0.25, 0.3) is 5.69 Å². The maximum absolute atomic E-state index is 2.49. The maximum atomic E-state index is 2.49. The molecular formula is C23H37N2+. The van der Waals surface area contributed by atoms with Crippen molar-refractivity contribution in [2.24, 2.45) is 0 Å². The van der Waals surface area contributed by atoms with Crippen molar-refractivity contribution in [3.8, 4) is 5.69 Å². The average Bonchev–Trinajstić information content (AvgIpc) is 3.05. The van der Waals surface area contributed by atoms with E-state index in [0.717, 1.165) is 13.0 Å². The lowest BCUT2D eigenvalue weighted by atomic mass is 10.1. The summed E-state index contributed by atoms with van der Waals surface area (Å²) < 4.78 is 4.86. The van der Waals surface area contributed by atoms with Gasteiger partial charge >= 0.3 is 0 Å². The maximum Gasteiger partial charge on any atom is 0.261 e. The highest BCUT2D eigenvalue weighted by Gasteiger charge is 2.17. The molecule has 0 unspecified atom stereocenters. The van der Waals surface area contributed by atoms with Gasteiger partial charge in [-0.1, -0.05) is 77.0 Å². The van der Waals surface area contributed by atoms with Gasteiger partial charge in [-0.25, -0.2) is 4.57 Å². The Bertz CT molecular complexity index is 571. The number of imidazole rings is 1. The summed E-state index contributed by atoms with van der Waals surface area (Å²) in [5.41, 5.74) is 1.28. The van der Waals surface area contributed by atoms with Gasteiger partial charge in [0.1, 0.15) is 18.1 Å². The first-order valence-electron chi connectivity index (χ1n) is 10.5. The van der Waals surface area contributed by atoms with E-state index in [-0.39, 0.29) is 0 Å². The van der Waals surface area contributed by atoms with Crippen LogP contribution in [0, 0.1) is 0 Å². The average molecular weight is 342 g/mol. The zero-order valence-electron chi connectivity index (χ0n) is 16.4. The molecule has 0 radical (unpaired) electrons. The van der Waals surface area contributed by atoms with Gasteiger partial charge in [-0.15, -0.1) is 0 Å². The lowest BCUT2D eigenvalue weighted by molar-refractivity contribution is -0.704. The number of unbranched alkanes of at least 4 members (excludes halogenated alkanes) is 8. The topological polar surface area (TPSA) is 8.81 Å². The Labute approximate surface area is 154 Å². The molecule has 0 saturated carbocycles. The van der Waals surface area contributed by atoms with Crippen LogP contribution in [0.2, 0.25) is 0 Å². The molecule has 0 bridgehead atoms. The summed E-state index contributed by atoms with van der Waals surface area (Å²) in [6.07, 6.45) is 19.3. The Balaban J connectivity index is 1.86. The second kappa shape index (κ2) is 11.9. The van der Waals surface area contributed by atoms with Gasteiger partial charge < -0.3 is 0 Å². The SMILES string of the molecule is CCCCCCCCCC[n+]1ccn(-c2ccccc2)c1CCCC. The van der Waals surface area contributed by atoms with Gasteiger partial charge in [0.15, 0.2) is 0 Å². The van der Waals surface area contributed by atoms with Crippen molar-refractivity contribution in [2.45, 2.75) is 91.0 Å². The summed E-state index contributed by atoms with van der Waals surface area (Å²) in [6.45, 7) is 5.72. The number of para-hydroxylation sites is 1. The van der Waals surface area contributed by atoms with E-state index >= 15 is 0 Å². The third kappa shape index (κ3) is 6.68. The Morgan fingerprint density at radius 3 is 2.08 bits per heavy atom. The Morgan fingerprint density at radius 1 is 0.760 bits per heavy atom. The molecule has 1 aromatic heterocycles. The van der Waals surface area contributed by atoms with Gasteiger partial charge in [0.05, 0.1) is 6.54 Å². The largest absolute Gasteiger partial charge is 0.261 e. The highest BCUT2D eigenvalue weighted by atomic mass is 15.1. The van der Waals surface area contributed by atoms with Crippen LogP contribution < -0.4 is 4.57 Å². The first-order valence-corrected chi connectivity index (χ1v) is 10.5. The predicted octanol–water partition coefficient (Wildman–Crippen LogP) is 6.25. The summed E-state index contributed by atoms with van der Waals surface area (Å²) in [6, 6.07) is 10.8. The minimum absolute atomic E-state index is 1.16. The molecule has 0 saturated heterocycles. The Morgan fingerprint density at radius 2 is 1.40 bits per heavy atom. The fraction of sp³-hybridized carbons (Fsp3) is 0.609. The molecule has 2 nitrogen and oxygen atoms in total. The molecule has 138 valence electrons. The van der Waals surface area contributed by atoms with E-state index in [2.05, 4.69) is 65.7 Å². The Kier molecular flexibility index (Phi) is 9.40. The molecule has 0 fully saturated rings. The van der Waals surface area contributed by atoms with Crippen molar-refractivity contribution >= 4 is 0 Å². The molecule has 2 heteroatoms. The van der Waals surface area contributed by atoms with Crippen LogP contribution in [0.1, 0.15) is 83.9 Å². The lowest BCUT2D eigenvalue weighted by Gasteiger charge is -2.05. The van der Waals surface area contributed by atoms with E-state index in [9.17, 15) is 0 Å². The van der Waals surface area contributed by atoms with Crippen molar-refractivity contribution in [3.63, 3.8) is 0 Å². The fourth-order valence-corrected chi connectivity index (χ4v) is 3.50. The number of hydrogen-bond acceptors (Lipinski definition) is 0. The van der Waals surface area contributed by atoms with E-state index in [1.807, 2.05) is 0 Å². The molecule has 0 N–H and O–H groups in total. The quantitative estimate of drug-likeness (QED) is 0.301. The highest BCUT2D eigenvalue weighted by Crippen LogP contribution is 2.12. The molecule has 0 aliphatic heterocycles. The molecule has 1 aromatic carbocycles. The minimum Gasteiger partial charge on any atom is -0.234 e. The van der Waals surface area contributed by atoms with Gasteiger partial charge in [-0.05, 0) is 31.4 Å². The molecule has 2 aromatic rings. The first-order chi connectivity index (χ1) is 12.4. The van der Waals surface area contributed by atoms with Crippen molar-refractivity contribution in [1.82, 2.24) is 4.57 Å². The standard InChI is InChI=1S/C23H37N2/c1-3-5-7-8-9-10-11-15-19-24-20-21-25(23(24)18-6-4-2)22-16-13-12-14-17-22/h12-14,16-17,20-21H,3-11,15,18-19H2,1-2H3/q+1. The van der Waals surface area contributed by atoms with Gasteiger partial charge in [0, 0.05) is 6.42 Å². The molecule has 0 atom stereocenters. The lowest BCUT2D eigenvalue weighted by Crippen LogP contribution is -2.37. The van der Waals surface area contributed by atoms with Crippen LogP contribution in [0.4, 0.5) is 0 Å². The molecule has 2 rings (SSSR count). The fourth-order valence-electron chi connectivity index (χ4n) is 3.50. The van der Waals surface area contributed by atoms with Gasteiger partial charge in [-0.2, -0.15) is 4.57 Å². The normalized spacial score (nSPS) is 11.1. The molecule has 0 aliphatic rings. The van der Waals surface area contributed by atoms with Gasteiger partial charge in [-0.3, -0.25) is 0 Å². The summed E-state index contributed by atoms with van der Waals surface area (Å²) >= 11 is 0. The number of hydrogen-bond donors (Lipinski definition) is 0. The third-order valence-electron chi connectivity index (χ3n) is 5.05. The van der Waals surface area contributed by atoms with Crippen molar-refractivity contribution in [2.75, 3.05) is 0 Å². The smallest absolute Gasteiger partial charge is 0.234 e. The summed E-state index contributed by atoms with van der Waals surface area (Å²) in [5, 5.41) is 0. The second-order valence-electron chi connectivity index (χ2n) is 7.19. The van der Waals surface area contributed by atoms with E-state index in [1.54, 1.807) is 0 Å². The van der Waals surface area contributed by atoms with Gasteiger partial charge in [0.25, 0.3) is 5.82 Å². The molecule has 1 heterocycles. The number of rotatable bonds is 13.